The first kappa shape index (κ1) is 13.6. The molecule has 1 saturated heterocycles. The standard InChI is InChI=1S/C13H19BrN2O2/c1-3-13(6-7-15-9-13)12(17)16(2)8-10-4-5-11(14)18-10/h4-5,15H,3,6-9H2,1-2H3. The van der Waals surface area contributed by atoms with Gasteiger partial charge in [0, 0.05) is 13.6 Å². The van der Waals surface area contributed by atoms with Crippen molar-refractivity contribution in [2.24, 2.45) is 5.41 Å². The van der Waals surface area contributed by atoms with Crippen LogP contribution in [0.2, 0.25) is 0 Å². The number of furan rings is 1. The Labute approximate surface area is 116 Å². The number of halogens is 1. The maximum absolute atomic E-state index is 12.5. The largest absolute Gasteiger partial charge is 0.452 e. The monoisotopic (exact) mass is 314 g/mol. The predicted molar refractivity (Wildman–Crippen MR) is 73.1 cm³/mol. The lowest BCUT2D eigenvalue weighted by molar-refractivity contribution is -0.140. The van der Waals surface area contributed by atoms with Crippen molar-refractivity contribution in [3.05, 3.63) is 22.6 Å². The van der Waals surface area contributed by atoms with Gasteiger partial charge in [0.15, 0.2) is 4.67 Å². The third kappa shape index (κ3) is 2.62. The van der Waals surface area contributed by atoms with Crippen molar-refractivity contribution in [2.75, 3.05) is 20.1 Å². The van der Waals surface area contributed by atoms with Crippen molar-refractivity contribution in [2.45, 2.75) is 26.3 Å². The summed E-state index contributed by atoms with van der Waals surface area (Å²) in [6, 6.07) is 3.74. The smallest absolute Gasteiger partial charge is 0.230 e. The fourth-order valence-corrected chi connectivity index (χ4v) is 2.87. The molecule has 0 saturated carbocycles. The van der Waals surface area contributed by atoms with Crippen molar-refractivity contribution in [3.8, 4) is 0 Å². The molecule has 0 aromatic carbocycles. The number of amides is 1. The molecule has 4 nitrogen and oxygen atoms in total. The van der Waals surface area contributed by atoms with Gasteiger partial charge in [0.25, 0.3) is 0 Å². The fraction of sp³-hybridized carbons (Fsp3) is 0.615. The van der Waals surface area contributed by atoms with E-state index in [1.54, 1.807) is 4.90 Å². The molecule has 1 fully saturated rings. The summed E-state index contributed by atoms with van der Waals surface area (Å²) in [7, 11) is 1.84. The van der Waals surface area contributed by atoms with Crippen LogP contribution in [0.4, 0.5) is 0 Å². The van der Waals surface area contributed by atoms with Crippen molar-refractivity contribution in [1.29, 1.82) is 0 Å². The molecular weight excluding hydrogens is 296 g/mol. The van der Waals surface area contributed by atoms with Crippen LogP contribution >= 0.6 is 15.9 Å². The summed E-state index contributed by atoms with van der Waals surface area (Å²) in [5.74, 6) is 1.01. The second kappa shape index (κ2) is 5.45. The second-order valence-electron chi connectivity index (χ2n) is 4.93. The molecule has 0 bridgehead atoms. The van der Waals surface area contributed by atoms with Crippen molar-refractivity contribution in [3.63, 3.8) is 0 Å². The van der Waals surface area contributed by atoms with Crippen LogP contribution in [0.3, 0.4) is 0 Å². The molecule has 1 aliphatic rings. The number of carbonyl (C=O) groups excluding carboxylic acids is 1. The number of nitrogens with one attached hydrogen (secondary N) is 1. The summed E-state index contributed by atoms with van der Waals surface area (Å²) in [5.41, 5.74) is -0.224. The highest BCUT2D eigenvalue weighted by atomic mass is 79.9. The average molecular weight is 315 g/mol. The van der Waals surface area contributed by atoms with Gasteiger partial charge in [-0.2, -0.15) is 0 Å². The normalized spacial score (nSPS) is 23.3. The minimum atomic E-state index is -0.224. The van der Waals surface area contributed by atoms with E-state index in [2.05, 4.69) is 28.2 Å². The second-order valence-corrected chi connectivity index (χ2v) is 5.71. The Hall–Kier alpha value is -0.810. The summed E-state index contributed by atoms with van der Waals surface area (Å²) in [4.78, 5) is 14.3. The van der Waals surface area contributed by atoms with Crippen LogP contribution in [0.5, 0.6) is 0 Å². The first-order valence-electron chi connectivity index (χ1n) is 6.28. The predicted octanol–water partition coefficient (Wildman–Crippen LogP) is 2.39. The Balaban J connectivity index is 2.04. The van der Waals surface area contributed by atoms with E-state index in [4.69, 9.17) is 4.42 Å². The number of hydrogen-bond donors (Lipinski definition) is 1. The first-order chi connectivity index (χ1) is 8.57. The van der Waals surface area contributed by atoms with Gasteiger partial charge in [-0.1, -0.05) is 6.92 Å². The molecule has 1 aromatic heterocycles. The molecule has 1 amide bonds. The van der Waals surface area contributed by atoms with Gasteiger partial charge < -0.3 is 14.6 Å². The lowest BCUT2D eigenvalue weighted by Gasteiger charge is -2.30. The Morgan fingerprint density at radius 1 is 1.61 bits per heavy atom. The van der Waals surface area contributed by atoms with Crippen LogP contribution in [-0.2, 0) is 11.3 Å². The van der Waals surface area contributed by atoms with E-state index in [0.717, 1.165) is 31.7 Å². The summed E-state index contributed by atoms with van der Waals surface area (Å²) in [5, 5.41) is 3.29. The zero-order valence-electron chi connectivity index (χ0n) is 10.8. The Bertz CT molecular complexity index is 424. The zero-order chi connectivity index (χ0) is 13.2. The number of nitrogens with zero attached hydrogens (tertiary/aromatic N) is 1. The third-order valence-electron chi connectivity index (χ3n) is 3.74. The molecule has 1 unspecified atom stereocenters. The summed E-state index contributed by atoms with van der Waals surface area (Å²) >= 11 is 3.27. The molecule has 18 heavy (non-hydrogen) atoms. The lowest BCUT2D eigenvalue weighted by Crippen LogP contribution is -2.42. The average Bonchev–Trinajstić information content (AvgIpc) is 2.98. The molecule has 0 radical (unpaired) electrons. The quantitative estimate of drug-likeness (QED) is 0.928. The topological polar surface area (TPSA) is 45.5 Å². The van der Waals surface area contributed by atoms with Crippen LogP contribution in [0.15, 0.2) is 21.2 Å². The zero-order valence-corrected chi connectivity index (χ0v) is 12.4. The van der Waals surface area contributed by atoms with Crippen LogP contribution < -0.4 is 5.32 Å². The molecule has 0 spiro atoms. The van der Waals surface area contributed by atoms with E-state index in [0.29, 0.717) is 11.2 Å². The van der Waals surface area contributed by atoms with E-state index < -0.39 is 0 Å². The fourth-order valence-electron chi connectivity index (χ4n) is 2.53. The SMILES string of the molecule is CCC1(C(=O)N(C)Cc2ccc(Br)o2)CCNC1. The summed E-state index contributed by atoms with van der Waals surface area (Å²) < 4.78 is 6.14. The molecule has 5 heteroatoms. The van der Waals surface area contributed by atoms with Crippen molar-refractivity contribution >= 4 is 21.8 Å². The highest BCUT2D eigenvalue weighted by molar-refractivity contribution is 9.10. The Kier molecular flexibility index (Phi) is 4.12. The summed E-state index contributed by atoms with van der Waals surface area (Å²) in [6.45, 7) is 4.32. The minimum absolute atomic E-state index is 0.211. The van der Waals surface area contributed by atoms with Crippen LogP contribution in [0, 0.1) is 5.41 Å². The molecule has 1 atom stereocenters. The number of hydrogen-bond acceptors (Lipinski definition) is 3. The van der Waals surface area contributed by atoms with Gasteiger partial charge >= 0.3 is 0 Å². The van der Waals surface area contributed by atoms with E-state index >= 15 is 0 Å². The van der Waals surface area contributed by atoms with Gasteiger partial charge in [0.1, 0.15) is 5.76 Å². The Morgan fingerprint density at radius 2 is 2.39 bits per heavy atom. The molecule has 1 aromatic rings. The van der Waals surface area contributed by atoms with Gasteiger partial charge in [0.2, 0.25) is 5.91 Å². The van der Waals surface area contributed by atoms with Gasteiger partial charge in [-0.25, -0.2) is 0 Å². The third-order valence-corrected chi connectivity index (χ3v) is 4.17. The Morgan fingerprint density at radius 3 is 2.89 bits per heavy atom. The van der Waals surface area contributed by atoms with Crippen LogP contribution in [0.25, 0.3) is 0 Å². The van der Waals surface area contributed by atoms with Crippen LogP contribution in [0.1, 0.15) is 25.5 Å². The van der Waals surface area contributed by atoms with E-state index in [-0.39, 0.29) is 11.3 Å². The van der Waals surface area contributed by atoms with E-state index in [9.17, 15) is 4.79 Å². The summed E-state index contributed by atoms with van der Waals surface area (Å²) in [6.07, 6.45) is 1.81. The highest BCUT2D eigenvalue weighted by Gasteiger charge is 2.41. The van der Waals surface area contributed by atoms with Gasteiger partial charge in [0.05, 0.1) is 12.0 Å². The molecule has 1 aliphatic heterocycles. The maximum atomic E-state index is 12.5. The highest BCUT2D eigenvalue weighted by Crippen LogP contribution is 2.32. The van der Waals surface area contributed by atoms with Crippen LogP contribution in [-0.4, -0.2) is 30.9 Å². The first-order valence-corrected chi connectivity index (χ1v) is 7.07. The molecule has 1 N–H and O–H groups in total. The van der Waals surface area contributed by atoms with Crippen molar-refractivity contribution < 1.29 is 9.21 Å². The molecule has 100 valence electrons. The van der Waals surface area contributed by atoms with Gasteiger partial charge in [-0.15, -0.1) is 0 Å². The van der Waals surface area contributed by atoms with E-state index in [1.807, 2.05) is 19.2 Å². The maximum Gasteiger partial charge on any atom is 0.230 e. The lowest BCUT2D eigenvalue weighted by atomic mass is 9.83. The number of rotatable bonds is 4. The number of carbonyl (C=O) groups is 1. The van der Waals surface area contributed by atoms with Crippen molar-refractivity contribution in [1.82, 2.24) is 10.2 Å². The molecule has 0 aliphatic carbocycles. The minimum Gasteiger partial charge on any atom is -0.452 e. The van der Waals surface area contributed by atoms with E-state index in [1.165, 1.54) is 0 Å². The molecule has 2 heterocycles. The molecule has 2 rings (SSSR count). The van der Waals surface area contributed by atoms with Gasteiger partial charge in [-0.05, 0) is 47.4 Å². The molecular formula is C13H19BrN2O2. The van der Waals surface area contributed by atoms with Gasteiger partial charge in [-0.3, -0.25) is 4.79 Å².